The van der Waals surface area contributed by atoms with Crippen molar-refractivity contribution >= 4 is 11.6 Å². The number of aromatic nitrogens is 1. The van der Waals surface area contributed by atoms with Crippen LogP contribution in [0.5, 0.6) is 0 Å². The highest BCUT2D eigenvalue weighted by molar-refractivity contribution is 5.94. The molecule has 0 saturated carbocycles. The maximum Gasteiger partial charge on any atom is 0.251 e. The Kier molecular flexibility index (Phi) is 4.88. The van der Waals surface area contributed by atoms with Crippen LogP contribution in [0, 0.1) is 5.92 Å². The lowest BCUT2D eigenvalue weighted by atomic mass is 10.0. The average Bonchev–Trinajstić information content (AvgIpc) is 3.09. The second-order valence-electron chi connectivity index (χ2n) is 5.81. The van der Waals surface area contributed by atoms with E-state index in [-0.39, 0.29) is 5.91 Å². The quantitative estimate of drug-likeness (QED) is 0.889. The molecule has 3 N–H and O–H groups in total. The van der Waals surface area contributed by atoms with Gasteiger partial charge >= 0.3 is 0 Å². The fraction of sp³-hybridized carbons (Fsp3) is 0.333. The summed E-state index contributed by atoms with van der Waals surface area (Å²) < 4.78 is 5.34. The van der Waals surface area contributed by atoms with Crippen molar-refractivity contribution in [3.63, 3.8) is 0 Å². The van der Waals surface area contributed by atoms with Crippen molar-refractivity contribution < 1.29 is 9.53 Å². The number of pyridine rings is 1. The zero-order valence-corrected chi connectivity index (χ0v) is 13.0. The van der Waals surface area contributed by atoms with Gasteiger partial charge in [0.1, 0.15) is 0 Å². The van der Waals surface area contributed by atoms with Gasteiger partial charge in [0.05, 0.1) is 0 Å². The van der Waals surface area contributed by atoms with Crippen LogP contribution in [-0.2, 0) is 4.74 Å². The van der Waals surface area contributed by atoms with Crippen LogP contribution in [0.15, 0.2) is 42.7 Å². The second kappa shape index (κ2) is 7.24. The van der Waals surface area contributed by atoms with Crippen molar-refractivity contribution in [1.82, 2.24) is 10.3 Å². The highest BCUT2D eigenvalue weighted by Crippen LogP contribution is 2.24. The van der Waals surface area contributed by atoms with Gasteiger partial charge in [-0.3, -0.25) is 9.78 Å². The molecule has 0 unspecified atom stereocenters. The van der Waals surface area contributed by atoms with Crippen LogP contribution in [0.1, 0.15) is 23.2 Å². The molecule has 5 nitrogen and oxygen atoms in total. The zero-order chi connectivity index (χ0) is 16.1. The molecule has 1 aromatic carbocycles. The molecule has 1 fully saturated rings. The Morgan fingerprint density at radius 2 is 2.13 bits per heavy atom. The molecular weight excluding hydrogens is 290 g/mol. The summed E-state index contributed by atoms with van der Waals surface area (Å²) in [6.07, 6.45) is 5.46. The third kappa shape index (κ3) is 3.87. The van der Waals surface area contributed by atoms with Gasteiger partial charge in [-0.2, -0.15) is 0 Å². The lowest BCUT2D eigenvalue weighted by Crippen LogP contribution is -2.26. The summed E-state index contributed by atoms with van der Waals surface area (Å²) in [7, 11) is 0. The van der Waals surface area contributed by atoms with Crippen LogP contribution in [0.4, 0.5) is 5.69 Å². The summed E-state index contributed by atoms with van der Waals surface area (Å²) in [4.78, 5) is 16.2. The van der Waals surface area contributed by atoms with Crippen molar-refractivity contribution in [1.29, 1.82) is 0 Å². The average molecular weight is 311 g/mol. The number of anilines is 1. The monoisotopic (exact) mass is 311 g/mol. The minimum absolute atomic E-state index is 0.0466. The summed E-state index contributed by atoms with van der Waals surface area (Å²) in [6, 6.07) is 9.19. The van der Waals surface area contributed by atoms with Crippen LogP contribution in [0.25, 0.3) is 11.1 Å². The Hall–Kier alpha value is -2.40. The SMILES string of the molecule is Nc1ccncc1-c1ccc(C(=O)NCC[C@H]2CCOC2)cc1. The van der Waals surface area contributed by atoms with Gasteiger partial charge in [0.2, 0.25) is 0 Å². The molecule has 0 radical (unpaired) electrons. The molecule has 0 spiro atoms. The number of rotatable bonds is 5. The Bertz CT molecular complexity index is 664. The first-order chi connectivity index (χ1) is 11.2. The number of ether oxygens (including phenoxy) is 1. The summed E-state index contributed by atoms with van der Waals surface area (Å²) in [6.45, 7) is 2.35. The van der Waals surface area contributed by atoms with E-state index >= 15 is 0 Å². The molecule has 0 aliphatic carbocycles. The largest absolute Gasteiger partial charge is 0.398 e. The van der Waals surface area contributed by atoms with E-state index in [4.69, 9.17) is 10.5 Å². The Morgan fingerprint density at radius 3 is 2.83 bits per heavy atom. The van der Waals surface area contributed by atoms with Crippen molar-refractivity contribution in [3.05, 3.63) is 48.3 Å². The van der Waals surface area contributed by atoms with Gasteiger partial charge in [0.25, 0.3) is 5.91 Å². The molecule has 120 valence electrons. The lowest BCUT2D eigenvalue weighted by Gasteiger charge is -2.09. The predicted molar refractivity (Wildman–Crippen MR) is 90.0 cm³/mol. The van der Waals surface area contributed by atoms with Gasteiger partial charge in [-0.25, -0.2) is 0 Å². The molecule has 2 heterocycles. The number of carbonyl (C=O) groups excluding carboxylic acids is 1. The standard InChI is InChI=1S/C18H21N3O2/c19-17-6-8-20-11-16(17)14-1-3-15(4-2-14)18(22)21-9-5-13-7-10-23-12-13/h1-4,6,8,11,13H,5,7,9-10,12H2,(H2,19,20)(H,21,22)/t13-/m0/s1. The number of nitrogen functional groups attached to an aromatic ring is 1. The molecule has 1 saturated heterocycles. The molecule has 0 bridgehead atoms. The molecule has 1 aliphatic heterocycles. The van der Waals surface area contributed by atoms with E-state index in [2.05, 4.69) is 10.3 Å². The van der Waals surface area contributed by atoms with Crippen LogP contribution >= 0.6 is 0 Å². The van der Waals surface area contributed by atoms with Gasteiger partial charge in [0, 0.05) is 49.0 Å². The van der Waals surface area contributed by atoms with Crippen molar-refractivity contribution in [2.24, 2.45) is 5.92 Å². The van der Waals surface area contributed by atoms with Crippen LogP contribution in [-0.4, -0.2) is 30.6 Å². The molecule has 1 aliphatic rings. The third-order valence-corrected chi connectivity index (χ3v) is 4.18. The van der Waals surface area contributed by atoms with Crippen LogP contribution < -0.4 is 11.1 Å². The number of hydrogen-bond donors (Lipinski definition) is 2. The number of carbonyl (C=O) groups is 1. The topological polar surface area (TPSA) is 77.2 Å². The first-order valence-corrected chi connectivity index (χ1v) is 7.90. The maximum absolute atomic E-state index is 12.2. The smallest absolute Gasteiger partial charge is 0.251 e. The van der Waals surface area contributed by atoms with E-state index in [0.717, 1.165) is 37.2 Å². The Labute approximate surface area is 135 Å². The highest BCUT2D eigenvalue weighted by Gasteiger charge is 2.15. The third-order valence-electron chi connectivity index (χ3n) is 4.18. The van der Waals surface area contributed by atoms with E-state index in [9.17, 15) is 4.79 Å². The van der Waals surface area contributed by atoms with Gasteiger partial charge in [-0.15, -0.1) is 0 Å². The summed E-state index contributed by atoms with van der Waals surface area (Å²) >= 11 is 0. The number of nitrogens with zero attached hydrogens (tertiary/aromatic N) is 1. The van der Waals surface area contributed by atoms with E-state index in [1.165, 1.54) is 0 Å². The lowest BCUT2D eigenvalue weighted by molar-refractivity contribution is 0.0950. The zero-order valence-electron chi connectivity index (χ0n) is 13.0. The summed E-state index contributed by atoms with van der Waals surface area (Å²) in [5.74, 6) is 0.529. The predicted octanol–water partition coefficient (Wildman–Crippen LogP) is 2.49. The molecule has 3 rings (SSSR count). The van der Waals surface area contributed by atoms with Crippen LogP contribution in [0.2, 0.25) is 0 Å². The molecule has 5 heteroatoms. The van der Waals surface area contributed by atoms with Gasteiger partial charge in [-0.05, 0) is 42.5 Å². The van der Waals surface area contributed by atoms with Gasteiger partial charge < -0.3 is 15.8 Å². The number of nitrogens with one attached hydrogen (secondary N) is 1. The first-order valence-electron chi connectivity index (χ1n) is 7.90. The maximum atomic E-state index is 12.2. The number of benzene rings is 1. The van der Waals surface area contributed by atoms with Crippen LogP contribution in [0.3, 0.4) is 0 Å². The number of nitrogens with two attached hydrogens (primary N) is 1. The van der Waals surface area contributed by atoms with Gasteiger partial charge in [0.15, 0.2) is 0 Å². The van der Waals surface area contributed by atoms with Crippen molar-refractivity contribution in [3.8, 4) is 11.1 Å². The molecule has 1 atom stereocenters. The fourth-order valence-corrected chi connectivity index (χ4v) is 2.75. The van der Waals surface area contributed by atoms with E-state index in [0.29, 0.717) is 23.7 Å². The highest BCUT2D eigenvalue weighted by atomic mass is 16.5. The molecule has 2 aromatic rings. The molecule has 1 aromatic heterocycles. The minimum atomic E-state index is -0.0466. The Balaban J connectivity index is 1.58. The minimum Gasteiger partial charge on any atom is -0.398 e. The molecule has 1 amide bonds. The van der Waals surface area contributed by atoms with Crippen molar-refractivity contribution in [2.45, 2.75) is 12.8 Å². The number of amides is 1. The van der Waals surface area contributed by atoms with E-state index in [1.807, 2.05) is 24.3 Å². The first kappa shape index (κ1) is 15.5. The molecule has 23 heavy (non-hydrogen) atoms. The van der Waals surface area contributed by atoms with Gasteiger partial charge in [-0.1, -0.05) is 12.1 Å². The summed E-state index contributed by atoms with van der Waals surface area (Å²) in [5, 5.41) is 2.96. The second-order valence-corrected chi connectivity index (χ2v) is 5.81. The van der Waals surface area contributed by atoms with Crippen molar-refractivity contribution in [2.75, 3.05) is 25.5 Å². The Morgan fingerprint density at radius 1 is 1.30 bits per heavy atom. The molecular formula is C18H21N3O2. The van der Waals surface area contributed by atoms with E-state index in [1.54, 1.807) is 18.5 Å². The fourth-order valence-electron chi connectivity index (χ4n) is 2.75. The number of hydrogen-bond acceptors (Lipinski definition) is 4. The normalized spacial score (nSPS) is 17.1. The van der Waals surface area contributed by atoms with E-state index < -0.39 is 0 Å². The summed E-state index contributed by atoms with van der Waals surface area (Å²) in [5.41, 5.74) is 9.10.